The standard InChI is InChI=1S/C29H31Cl4N3O4S/c1-18(2)15-34-29(38)20(4)35(16-21-7-10-26(32)27(33)11-21)28(37)17-36(24-13-22(30)12-23(31)14-24)41(39,40)25-8-5-19(3)6-9-25/h5-14,18,20H,15-17H2,1-4H3,(H,34,38)/t20-/m1/s1. The van der Waals surface area contributed by atoms with E-state index in [4.69, 9.17) is 46.4 Å². The average molecular weight is 659 g/mol. The molecule has 2 amide bonds. The van der Waals surface area contributed by atoms with E-state index in [2.05, 4.69) is 5.32 Å². The zero-order valence-electron chi connectivity index (χ0n) is 23.0. The fourth-order valence-corrected chi connectivity index (χ4v) is 6.15. The molecule has 0 aliphatic carbocycles. The number of hydrogen-bond acceptors (Lipinski definition) is 4. The third-order valence-corrected chi connectivity index (χ3v) is 9.18. The highest BCUT2D eigenvalue weighted by Gasteiger charge is 2.33. The topological polar surface area (TPSA) is 86.8 Å². The van der Waals surface area contributed by atoms with Gasteiger partial charge >= 0.3 is 0 Å². The molecule has 0 aliphatic heterocycles. The Morgan fingerprint density at radius 1 is 0.854 bits per heavy atom. The Bertz CT molecular complexity index is 1490. The van der Waals surface area contributed by atoms with Crippen molar-refractivity contribution >= 4 is 73.9 Å². The van der Waals surface area contributed by atoms with Gasteiger partial charge in [0.25, 0.3) is 10.0 Å². The lowest BCUT2D eigenvalue weighted by atomic mass is 10.1. The molecule has 0 radical (unpaired) electrons. The molecular formula is C29H31Cl4N3O4S. The van der Waals surface area contributed by atoms with Crippen LogP contribution in [-0.2, 0) is 26.2 Å². The van der Waals surface area contributed by atoms with E-state index in [1.54, 1.807) is 37.3 Å². The first-order valence-electron chi connectivity index (χ1n) is 12.8. The molecule has 12 heteroatoms. The minimum atomic E-state index is -4.26. The number of halogens is 4. The van der Waals surface area contributed by atoms with Crippen molar-refractivity contribution in [2.75, 3.05) is 17.4 Å². The SMILES string of the molecule is Cc1ccc(S(=O)(=O)N(CC(=O)N(Cc2ccc(Cl)c(Cl)c2)[C@H](C)C(=O)NCC(C)C)c2cc(Cl)cc(Cl)c2)cc1. The Balaban J connectivity index is 2.06. The quantitative estimate of drug-likeness (QED) is 0.241. The van der Waals surface area contributed by atoms with E-state index in [-0.39, 0.29) is 44.0 Å². The summed E-state index contributed by atoms with van der Waals surface area (Å²) in [6, 6.07) is 14.5. The molecule has 0 unspecified atom stereocenters. The van der Waals surface area contributed by atoms with Crippen LogP contribution < -0.4 is 9.62 Å². The van der Waals surface area contributed by atoms with E-state index in [9.17, 15) is 18.0 Å². The van der Waals surface area contributed by atoms with Gasteiger partial charge in [-0.05, 0) is 67.8 Å². The highest BCUT2D eigenvalue weighted by molar-refractivity contribution is 7.92. The van der Waals surface area contributed by atoms with Crippen molar-refractivity contribution < 1.29 is 18.0 Å². The molecule has 0 bridgehead atoms. The number of nitrogens with zero attached hydrogens (tertiary/aromatic N) is 2. The number of carbonyl (C=O) groups excluding carboxylic acids is 2. The largest absolute Gasteiger partial charge is 0.354 e. The molecule has 0 heterocycles. The summed E-state index contributed by atoms with van der Waals surface area (Å²) in [5.74, 6) is -0.825. The molecule has 0 aromatic heterocycles. The lowest BCUT2D eigenvalue weighted by Gasteiger charge is -2.32. The summed E-state index contributed by atoms with van der Waals surface area (Å²) in [6.45, 7) is 7.08. The van der Waals surface area contributed by atoms with Gasteiger partial charge in [0.15, 0.2) is 0 Å². The molecular weight excluding hydrogens is 628 g/mol. The lowest BCUT2D eigenvalue weighted by molar-refractivity contribution is -0.139. The molecule has 3 aromatic rings. The molecule has 0 saturated heterocycles. The number of anilines is 1. The van der Waals surface area contributed by atoms with Crippen molar-refractivity contribution in [3.63, 3.8) is 0 Å². The molecule has 1 atom stereocenters. The van der Waals surface area contributed by atoms with E-state index >= 15 is 0 Å². The van der Waals surface area contributed by atoms with Gasteiger partial charge in [0.1, 0.15) is 12.6 Å². The van der Waals surface area contributed by atoms with Gasteiger partial charge in [0, 0.05) is 23.1 Å². The van der Waals surface area contributed by atoms with Gasteiger partial charge in [0.05, 0.1) is 20.6 Å². The number of benzene rings is 3. The highest BCUT2D eigenvalue weighted by atomic mass is 35.5. The Labute approximate surface area is 261 Å². The summed E-state index contributed by atoms with van der Waals surface area (Å²) in [5.41, 5.74) is 1.57. The van der Waals surface area contributed by atoms with Crippen LogP contribution in [-0.4, -0.2) is 44.3 Å². The number of rotatable bonds is 11. The number of nitrogens with one attached hydrogen (secondary N) is 1. The van der Waals surface area contributed by atoms with Gasteiger partial charge < -0.3 is 10.2 Å². The Morgan fingerprint density at radius 3 is 2.02 bits per heavy atom. The zero-order valence-corrected chi connectivity index (χ0v) is 26.8. The first-order valence-corrected chi connectivity index (χ1v) is 15.7. The van der Waals surface area contributed by atoms with Crippen molar-refractivity contribution in [3.8, 4) is 0 Å². The molecule has 3 rings (SSSR count). The van der Waals surface area contributed by atoms with Crippen LogP contribution in [0, 0.1) is 12.8 Å². The number of amides is 2. The third kappa shape index (κ3) is 8.75. The van der Waals surface area contributed by atoms with Gasteiger partial charge in [-0.2, -0.15) is 0 Å². The molecule has 0 aliphatic rings. The maximum absolute atomic E-state index is 14.0. The van der Waals surface area contributed by atoms with E-state index < -0.39 is 28.5 Å². The predicted molar refractivity (Wildman–Crippen MR) is 166 cm³/mol. The average Bonchev–Trinajstić information content (AvgIpc) is 2.89. The monoisotopic (exact) mass is 657 g/mol. The number of sulfonamides is 1. The second kappa shape index (κ2) is 14.1. The molecule has 0 spiro atoms. The predicted octanol–water partition coefficient (Wildman–Crippen LogP) is 6.99. The summed E-state index contributed by atoms with van der Waals surface area (Å²) < 4.78 is 28.8. The molecule has 7 nitrogen and oxygen atoms in total. The van der Waals surface area contributed by atoms with E-state index in [1.165, 1.54) is 35.2 Å². The first-order chi connectivity index (χ1) is 19.2. The van der Waals surface area contributed by atoms with Gasteiger partial charge in [-0.1, -0.05) is 84.0 Å². The van der Waals surface area contributed by atoms with E-state index in [1.807, 2.05) is 20.8 Å². The molecule has 0 fully saturated rings. The first kappa shape index (κ1) is 33.0. The Morgan fingerprint density at radius 2 is 1.46 bits per heavy atom. The second-order valence-electron chi connectivity index (χ2n) is 10.0. The van der Waals surface area contributed by atoms with Crippen molar-refractivity contribution in [1.29, 1.82) is 0 Å². The molecule has 41 heavy (non-hydrogen) atoms. The van der Waals surface area contributed by atoms with Crippen LogP contribution in [0.1, 0.15) is 31.9 Å². The van der Waals surface area contributed by atoms with Crippen molar-refractivity contribution in [2.45, 2.75) is 45.2 Å². The summed E-state index contributed by atoms with van der Waals surface area (Å²) >= 11 is 24.7. The van der Waals surface area contributed by atoms with Crippen LogP contribution in [0.3, 0.4) is 0 Å². The lowest BCUT2D eigenvalue weighted by Crippen LogP contribution is -2.51. The van der Waals surface area contributed by atoms with Crippen LogP contribution in [0.2, 0.25) is 20.1 Å². The van der Waals surface area contributed by atoms with Crippen molar-refractivity contribution in [1.82, 2.24) is 10.2 Å². The van der Waals surface area contributed by atoms with Gasteiger partial charge in [-0.15, -0.1) is 0 Å². The van der Waals surface area contributed by atoms with Gasteiger partial charge in [-0.3, -0.25) is 13.9 Å². The number of carbonyl (C=O) groups is 2. The number of aryl methyl sites for hydroxylation is 1. The zero-order chi connectivity index (χ0) is 30.5. The van der Waals surface area contributed by atoms with Crippen molar-refractivity contribution in [2.24, 2.45) is 5.92 Å². The van der Waals surface area contributed by atoms with Crippen LogP contribution in [0.5, 0.6) is 0 Å². The summed E-state index contributed by atoms with van der Waals surface area (Å²) in [6.07, 6.45) is 0. The summed E-state index contributed by atoms with van der Waals surface area (Å²) in [5, 5.41) is 3.84. The molecule has 3 aromatic carbocycles. The second-order valence-corrected chi connectivity index (χ2v) is 13.6. The maximum atomic E-state index is 14.0. The van der Waals surface area contributed by atoms with Gasteiger partial charge in [-0.25, -0.2) is 8.42 Å². The van der Waals surface area contributed by atoms with Crippen LogP contribution in [0.15, 0.2) is 65.6 Å². The number of hydrogen-bond donors (Lipinski definition) is 1. The highest BCUT2D eigenvalue weighted by Crippen LogP contribution is 2.30. The van der Waals surface area contributed by atoms with E-state index in [0.29, 0.717) is 17.1 Å². The summed E-state index contributed by atoms with van der Waals surface area (Å²) in [7, 11) is -4.26. The molecule has 0 saturated carbocycles. The molecule has 1 N–H and O–H groups in total. The Kier molecular flexibility index (Phi) is 11.4. The van der Waals surface area contributed by atoms with Crippen LogP contribution >= 0.6 is 46.4 Å². The van der Waals surface area contributed by atoms with Crippen LogP contribution in [0.25, 0.3) is 0 Å². The summed E-state index contributed by atoms with van der Waals surface area (Å²) in [4.78, 5) is 28.3. The normalized spacial score (nSPS) is 12.2. The smallest absolute Gasteiger partial charge is 0.264 e. The minimum absolute atomic E-state index is 0.0224. The van der Waals surface area contributed by atoms with Crippen molar-refractivity contribution in [3.05, 3.63) is 91.9 Å². The Hall–Kier alpha value is -2.49. The maximum Gasteiger partial charge on any atom is 0.264 e. The van der Waals surface area contributed by atoms with E-state index in [0.717, 1.165) is 9.87 Å². The third-order valence-electron chi connectivity index (χ3n) is 6.21. The molecule has 220 valence electrons. The van der Waals surface area contributed by atoms with Gasteiger partial charge in [0.2, 0.25) is 11.8 Å². The fraction of sp³-hybridized carbons (Fsp3) is 0.310. The minimum Gasteiger partial charge on any atom is -0.354 e. The fourth-order valence-electron chi connectivity index (χ4n) is 3.92. The van der Waals surface area contributed by atoms with Crippen LogP contribution in [0.4, 0.5) is 5.69 Å².